The first-order valence-corrected chi connectivity index (χ1v) is 12.2. The number of unbranched alkanes of at least 4 members (excludes halogenated alkanes) is 1. The van der Waals surface area contributed by atoms with Crippen molar-refractivity contribution in [1.82, 2.24) is 15.5 Å². The van der Waals surface area contributed by atoms with Crippen LogP contribution in [0.2, 0.25) is 0 Å². The van der Waals surface area contributed by atoms with Gasteiger partial charge in [0.05, 0.1) is 0 Å². The van der Waals surface area contributed by atoms with E-state index in [2.05, 4.69) is 16.7 Å². The van der Waals surface area contributed by atoms with E-state index in [1.807, 2.05) is 56.3 Å². The Hall–Kier alpha value is -3.79. The van der Waals surface area contributed by atoms with Crippen molar-refractivity contribution in [1.29, 1.82) is 0 Å². The normalized spacial score (nSPS) is 12.6. The van der Waals surface area contributed by atoms with Crippen LogP contribution in [0.1, 0.15) is 63.3 Å². The second-order valence-electron chi connectivity index (χ2n) is 9.68. The smallest absolute Gasteiger partial charge is 0.408 e. The Kier molecular flexibility index (Phi) is 10.5. The Labute approximate surface area is 214 Å². The van der Waals surface area contributed by atoms with E-state index in [4.69, 9.17) is 11.2 Å². The molecule has 0 spiro atoms. The molecule has 0 bridgehead atoms. The molecule has 2 aromatic carbocycles. The molecule has 0 aliphatic rings. The van der Waals surface area contributed by atoms with Gasteiger partial charge in [0.2, 0.25) is 5.91 Å². The van der Waals surface area contributed by atoms with Gasteiger partial charge in [-0.3, -0.25) is 14.5 Å². The lowest BCUT2D eigenvalue weighted by Gasteiger charge is -2.30. The summed E-state index contributed by atoms with van der Waals surface area (Å²) in [6.45, 7) is 9.64. The highest BCUT2D eigenvalue weighted by Crippen LogP contribution is 2.23. The summed E-state index contributed by atoms with van der Waals surface area (Å²) in [4.78, 5) is 40.8. The van der Waals surface area contributed by atoms with E-state index in [0.717, 1.165) is 28.9 Å². The van der Waals surface area contributed by atoms with Gasteiger partial charge in [-0.25, -0.2) is 4.79 Å². The Morgan fingerprint density at radius 3 is 2.25 bits per heavy atom. The lowest BCUT2D eigenvalue weighted by atomic mass is 10.00. The van der Waals surface area contributed by atoms with Crippen LogP contribution < -0.4 is 10.6 Å². The summed E-state index contributed by atoms with van der Waals surface area (Å²) in [5, 5.41) is 5.55. The number of terminal acetylenes is 1. The second-order valence-corrected chi connectivity index (χ2v) is 9.68. The van der Waals surface area contributed by atoms with Gasteiger partial charge in [-0.05, 0) is 45.2 Å². The SMILES string of the molecule is C#CN(C(=O)C(Cc1ccccc1)NC(=O)OC(C)(C)C)C(C(=O)NCCCC)c1ccc(C)cc1. The number of carbonyl (C=O) groups excluding carboxylic acids is 3. The molecule has 2 unspecified atom stereocenters. The van der Waals surface area contributed by atoms with Gasteiger partial charge in [0, 0.05) is 19.0 Å². The fourth-order valence-electron chi connectivity index (χ4n) is 3.58. The number of hydrogen-bond acceptors (Lipinski definition) is 4. The monoisotopic (exact) mass is 491 g/mol. The van der Waals surface area contributed by atoms with Crippen LogP contribution in [0.4, 0.5) is 4.79 Å². The number of nitrogens with one attached hydrogen (secondary N) is 2. The van der Waals surface area contributed by atoms with Crippen molar-refractivity contribution in [3.63, 3.8) is 0 Å². The summed E-state index contributed by atoms with van der Waals surface area (Å²) < 4.78 is 5.39. The average Bonchev–Trinajstić information content (AvgIpc) is 2.82. The number of benzene rings is 2. The van der Waals surface area contributed by atoms with Gasteiger partial charge in [0.25, 0.3) is 5.91 Å². The molecule has 0 aromatic heterocycles. The second kappa shape index (κ2) is 13.3. The van der Waals surface area contributed by atoms with E-state index < -0.39 is 29.7 Å². The van der Waals surface area contributed by atoms with Crippen LogP contribution in [0.3, 0.4) is 0 Å². The molecular formula is C29H37N3O4. The summed E-state index contributed by atoms with van der Waals surface area (Å²) in [5.41, 5.74) is 1.66. The zero-order chi connectivity index (χ0) is 26.7. The standard InChI is InChI=1S/C29H37N3O4/c1-7-9-19-30-26(33)25(23-17-15-21(3)16-18-23)32(8-2)27(34)24(20-22-13-11-10-12-14-22)31-28(35)36-29(4,5)6/h2,10-18,24-25H,7,9,19-20H2,1,3-6H3,(H,30,33)(H,31,35). The largest absolute Gasteiger partial charge is 0.444 e. The summed E-state index contributed by atoms with van der Waals surface area (Å²) in [5.74, 6) is -0.960. The Bertz CT molecular complexity index is 1050. The minimum Gasteiger partial charge on any atom is -0.444 e. The minimum absolute atomic E-state index is 0.176. The molecule has 0 fully saturated rings. The topological polar surface area (TPSA) is 87.7 Å². The minimum atomic E-state index is -1.06. The molecule has 192 valence electrons. The van der Waals surface area contributed by atoms with Gasteiger partial charge in [-0.1, -0.05) is 79.9 Å². The lowest BCUT2D eigenvalue weighted by molar-refractivity contribution is -0.138. The van der Waals surface area contributed by atoms with E-state index >= 15 is 0 Å². The highest BCUT2D eigenvalue weighted by atomic mass is 16.6. The van der Waals surface area contributed by atoms with Crippen LogP contribution in [0.25, 0.3) is 0 Å². The third-order valence-corrected chi connectivity index (χ3v) is 5.38. The number of hydrogen-bond donors (Lipinski definition) is 2. The van der Waals surface area contributed by atoms with Crippen LogP contribution >= 0.6 is 0 Å². The Balaban J connectivity index is 2.42. The summed E-state index contributed by atoms with van der Waals surface area (Å²) in [6, 6.07) is 16.9. The van der Waals surface area contributed by atoms with Crippen molar-refractivity contribution in [2.75, 3.05) is 6.54 Å². The van der Waals surface area contributed by atoms with Gasteiger partial charge in [-0.2, -0.15) is 0 Å². The van der Waals surface area contributed by atoms with Gasteiger partial charge in [-0.15, -0.1) is 0 Å². The first-order chi connectivity index (χ1) is 17.1. The van der Waals surface area contributed by atoms with E-state index in [1.165, 1.54) is 0 Å². The third-order valence-electron chi connectivity index (χ3n) is 5.38. The summed E-state index contributed by atoms with van der Waals surface area (Å²) >= 11 is 0. The van der Waals surface area contributed by atoms with Crippen molar-refractivity contribution in [3.8, 4) is 12.5 Å². The van der Waals surface area contributed by atoms with E-state index in [9.17, 15) is 14.4 Å². The molecule has 3 amide bonds. The maximum absolute atomic E-state index is 13.8. The van der Waals surface area contributed by atoms with Crippen LogP contribution in [-0.2, 0) is 20.7 Å². The Morgan fingerprint density at radius 1 is 1.06 bits per heavy atom. The number of nitrogens with zero attached hydrogens (tertiary/aromatic N) is 1. The molecule has 0 aliphatic carbocycles. The highest BCUT2D eigenvalue weighted by Gasteiger charge is 2.35. The maximum Gasteiger partial charge on any atom is 0.408 e. The van der Waals surface area contributed by atoms with Crippen LogP contribution in [-0.4, -0.2) is 41.0 Å². The molecule has 2 aromatic rings. The number of aryl methyl sites for hydroxylation is 1. The van der Waals surface area contributed by atoms with E-state index in [1.54, 1.807) is 32.9 Å². The van der Waals surface area contributed by atoms with Crippen molar-refractivity contribution in [2.45, 2.75) is 71.6 Å². The molecule has 7 heteroatoms. The Morgan fingerprint density at radius 2 is 1.69 bits per heavy atom. The first kappa shape index (κ1) is 28.4. The molecule has 0 saturated heterocycles. The predicted octanol–water partition coefficient (Wildman–Crippen LogP) is 4.51. The van der Waals surface area contributed by atoms with Crippen molar-refractivity contribution in [2.24, 2.45) is 0 Å². The van der Waals surface area contributed by atoms with Crippen LogP contribution in [0.15, 0.2) is 54.6 Å². The lowest BCUT2D eigenvalue weighted by Crippen LogP contribution is -2.52. The maximum atomic E-state index is 13.8. The molecule has 0 heterocycles. The summed E-state index contributed by atoms with van der Waals surface area (Å²) in [7, 11) is 0. The molecule has 0 radical (unpaired) electrons. The van der Waals surface area contributed by atoms with Crippen LogP contribution in [0, 0.1) is 19.4 Å². The quantitative estimate of drug-likeness (QED) is 0.291. The molecule has 0 aliphatic heterocycles. The number of alkyl carbamates (subject to hydrolysis) is 1. The number of carbonyl (C=O) groups is 3. The third kappa shape index (κ3) is 8.77. The van der Waals surface area contributed by atoms with E-state index in [0.29, 0.717) is 12.1 Å². The molecule has 0 saturated carbocycles. The zero-order valence-electron chi connectivity index (χ0n) is 21.8. The average molecular weight is 492 g/mol. The first-order valence-electron chi connectivity index (χ1n) is 12.2. The highest BCUT2D eigenvalue weighted by molar-refractivity contribution is 5.93. The van der Waals surface area contributed by atoms with Gasteiger partial charge in [0.15, 0.2) is 0 Å². The number of rotatable bonds is 10. The fourth-order valence-corrected chi connectivity index (χ4v) is 3.58. The van der Waals surface area contributed by atoms with Gasteiger partial charge in [0.1, 0.15) is 17.7 Å². The van der Waals surface area contributed by atoms with Gasteiger partial charge < -0.3 is 15.4 Å². The molecular weight excluding hydrogens is 454 g/mol. The number of ether oxygens (including phenoxy) is 1. The molecule has 2 N–H and O–H groups in total. The molecule has 7 nitrogen and oxygen atoms in total. The predicted molar refractivity (Wildman–Crippen MR) is 141 cm³/mol. The van der Waals surface area contributed by atoms with Crippen LogP contribution in [0.5, 0.6) is 0 Å². The molecule has 36 heavy (non-hydrogen) atoms. The van der Waals surface area contributed by atoms with Crippen molar-refractivity contribution < 1.29 is 19.1 Å². The molecule has 2 atom stereocenters. The van der Waals surface area contributed by atoms with Crippen molar-refractivity contribution in [3.05, 3.63) is 71.3 Å². The van der Waals surface area contributed by atoms with Gasteiger partial charge >= 0.3 is 6.09 Å². The molecule has 2 rings (SSSR count). The van der Waals surface area contributed by atoms with E-state index in [-0.39, 0.29) is 12.3 Å². The summed E-state index contributed by atoms with van der Waals surface area (Å²) in [6.07, 6.45) is 6.97. The fraction of sp³-hybridized carbons (Fsp3) is 0.414. The number of amides is 3. The van der Waals surface area contributed by atoms with Crippen molar-refractivity contribution >= 4 is 17.9 Å². The zero-order valence-corrected chi connectivity index (χ0v) is 21.8.